The molecule has 0 saturated carbocycles. The van der Waals surface area contributed by atoms with Crippen LogP contribution < -0.4 is 5.32 Å². The number of hydrogen-bond donors (Lipinski definition) is 2. The molecule has 0 rings (SSSR count). The van der Waals surface area contributed by atoms with Crippen molar-refractivity contribution in [3.05, 3.63) is 0 Å². The molecule has 0 aromatic heterocycles. The van der Waals surface area contributed by atoms with Gasteiger partial charge >= 0.3 is 0 Å². The maximum atomic E-state index is 10.5. The first-order chi connectivity index (χ1) is 5.45. The third kappa shape index (κ3) is 12.1. The number of hydrogen-bond acceptors (Lipinski definition) is 2. The first-order valence-corrected chi connectivity index (χ1v) is 4.33. The molecule has 74 valence electrons. The van der Waals surface area contributed by atoms with E-state index in [9.17, 15) is 4.79 Å². The van der Waals surface area contributed by atoms with Gasteiger partial charge in [-0.1, -0.05) is 34.6 Å². The van der Waals surface area contributed by atoms with Gasteiger partial charge in [-0.2, -0.15) is 0 Å². The molecule has 2 N–H and O–H groups in total. The molecule has 0 saturated heterocycles. The van der Waals surface area contributed by atoms with Crippen molar-refractivity contribution in [2.45, 2.75) is 34.6 Å². The monoisotopic (exact) mass is 175 g/mol. The Morgan fingerprint density at radius 3 is 2.00 bits per heavy atom. The van der Waals surface area contributed by atoms with Crippen LogP contribution in [-0.4, -0.2) is 24.2 Å². The quantitative estimate of drug-likeness (QED) is 0.662. The van der Waals surface area contributed by atoms with Crippen molar-refractivity contribution >= 4 is 5.91 Å². The van der Waals surface area contributed by atoms with Crippen molar-refractivity contribution < 1.29 is 9.90 Å². The van der Waals surface area contributed by atoms with Crippen molar-refractivity contribution in [1.29, 1.82) is 0 Å². The third-order valence-electron chi connectivity index (χ3n) is 0.959. The molecule has 0 radical (unpaired) electrons. The molecule has 0 aromatic rings. The minimum absolute atomic E-state index is 0.0881. The molecule has 0 fully saturated rings. The summed E-state index contributed by atoms with van der Waals surface area (Å²) in [5, 5.41) is 10.9. The zero-order valence-electron chi connectivity index (χ0n) is 8.77. The van der Waals surface area contributed by atoms with E-state index in [1.54, 1.807) is 0 Å². The topological polar surface area (TPSA) is 49.3 Å². The van der Waals surface area contributed by atoms with Crippen LogP contribution >= 0.6 is 0 Å². The van der Waals surface area contributed by atoms with Crippen molar-refractivity contribution in [2.24, 2.45) is 5.41 Å². The fourth-order valence-corrected chi connectivity index (χ4v) is 0.420. The van der Waals surface area contributed by atoms with Gasteiger partial charge in [0.15, 0.2) is 0 Å². The molecular weight excluding hydrogens is 154 g/mol. The molecule has 0 aliphatic rings. The van der Waals surface area contributed by atoms with Gasteiger partial charge in [-0.25, -0.2) is 0 Å². The number of carbonyl (C=O) groups is 1. The first kappa shape index (κ1) is 14.0. The fourth-order valence-electron chi connectivity index (χ4n) is 0.420. The summed E-state index contributed by atoms with van der Waals surface area (Å²) in [5.41, 5.74) is 0.0881. The predicted molar refractivity (Wildman–Crippen MR) is 50.9 cm³/mol. The molecule has 0 bridgehead atoms. The predicted octanol–water partition coefficient (Wildman–Crippen LogP) is 1.17. The van der Waals surface area contributed by atoms with E-state index in [-0.39, 0.29) is 11.3 Å². The molecule has 3 heteroatoms. The second kappa shape index (κ2) is 7.10. The molecule has 0 heterocycles. The van der Waals surface area contributed by atoms with Gasteiger partial charge in [0.05, 0.1) is 0 Å². The zero-order chi connectivity index (χ0) is 10.2. The van der Waals surface area contributed by atoms with Crippen LogP contribution in [0.5, 0.6) is 0 Å². The summed E-state index contributed by atoms with van der Waals surface area (Å²) in [6.45, 7) is 10.2. The molecule has 3 nitrogen and oxygen atoms in total. The largest absolute Gasteiger partial charge is 0.387 e. The number of aliphatic hydroxyl groups is 1. The third-order valence-corrected chi connectivity index (χ3v) is 0.959. The van der Waals surface area contributed by atoms with E-state index in [2.05, 4.69) is 5.32 Å². The van der Waals surface area contributed by atoms with Crippen LogP contribution in [0.1, 0.15) is 34.6 Å². The Morgan fingerprint density at radius 1 is 1.33 bits per heavy atom. The molecular formula is C9H21NO2. The van der Waals surface area contributed by atoms with Gasteiger partial charge < -0.3 is 10.4 Å². The smallest absolute Gasteiger partial charge is 0.245 e. The van der Waals surface area contributed by atoms with Crippen LogP contribution in [0.4, 0.5) is 0 Å². The molecule has 12 heavy (non-hydrogen) atoms. The summed E-state index contributed by atoms with van der Waals surface area (Å²) in [4.78, 5) is 10.5. The first-order valence-electron chi connectivity index (χ1n) is 4.33. The minimum atomic E-state index is -0.421. The second-order valence-corrected chi connectivity index (χ2v) is 3.50. The van der Waals surface area contributed by atoms with E-state index >= 15 is 0 Å². The average Bonchev–Trinajstić information content (AvgIpc) is 2.03. The van der Waals surface area contributed by atoms with Gasteiger partial charge in [-0.05, 0) is 5.41 Å². The lowest BCUT2D eigenvalue weighted by molar-refractivity contribution is -0.124. The Hall–Kier alpha value is -0.570. The van der Waals surface area contributed by atoms with Crippen LogP contribution in [0.2, 0.25) is 0 Å². The van der Waals surface area contributed by atoms with Crippen LogP contribution in [0.3, 0.4) is 0 Å². The Labute approximate surface area is 75.2 Å². The van der Waals surface area contributed by atoms with Gasteiger partial charge in [-0.15, -0.1) is 0 Å². The summed E-state index contributed by atoms with van der Waals surface area (Å²) in [5.74, 6) is -0.310. The van der Waals surface area contributed by atoms with E-state index in [1.165, 1.54) is 0 Å². The normalized spacial score (nSPS) is 9.83. The van der Waals surface area contributed by atoms with Gasteiger partial charge in [-0.3, -0.25) is 4.79 Å². The highest BCUT2D eigenvalue weighted by molar-refractivity contribution is 5.76. The number of aliphatic hydroxyl groups excluding tert-OH is 1. The number of rotatable bonds is 2. The Bertz CT molecular complexity index is 116. The highest BCUT2D eigenvalue weighted by Crippen LogP contribution is 2.09. The van der Waals surface area contributed by atoms with Crippen molar-refractivity contribution in [3.63, 3.8) is 0 Å². The maximum absolute atomic E-state index is 10.5. The zero-order valence-corrected chi connectivity index (χ0v) is 8.77. The standard InChI is InChI=1S/C7H15NO2.C2H6/c1-7(2,3)5-8-6(10)4-9;1-2/h9H,4-5H2,1-3H3,(H,8,10);1-2H3. The van der Waals surface area contributed by atoms with Crippen molar-refractivity contribution in [3.8, 4) is 0 Å². The Balaban J connectivity index is 0. The average molecular weight is 175 g/mol. The van der Waals surface area contributed by atoms with E-state index < -0.39 is 6.61 Å². The molecule has 0 aliphatic heterocycles. The van der Waals surface area contributed by atoms with Crippen molar-refractivity contribution in [1.82, 2.24) is 5.32 Å². The second-order valence-electron chi connectivity index (χ2n) is 3.50. The van der Waals surface area contributed by atoms with E-state index in [1.807, 2.05) is 34.6 Å². The Morgan fingerprint density at radius 2 is 1.75 bits per heavy atom. The van der Waals surface area contributed by atoms with Gasteiger partial charge in [0.1, 0.15) is 6.61 Å². The lowest BCUT2D eigenvalue weighted by Crippen LogP contribution is -2.33. The van der Waals surface area contributed by atoms with Crippen LogP contribution in [0.15, 0.2) is 0 Å². The summed E-state index contributed by atoms with van der Waals surface area (Å²) in [6.07, 6.45) is 0. The minimum Gasteiger partial charge on any atom is -0.387 e. The maximum Gasteiger partial charge on any atom is 0.245 e. The van der Waals surface area contributed by atoms with E-state index in [4.69, 9.17) is 5.11 Å². The summed E-state index contributed by atoms with van der Waals surface area (Å²) in [7, 11) is 0. The van der Waals surface area contributed by atoms with Gasteiger partial charge in [0.25, 0.3) is 0 Å². The van der Waals surface area contributed by atoms with Crippen LogP contribution in [0.25, 0.3) is 0 Å². The molecule has 0 unspecified atom stereocenters. The van der Waals surface area contributed by atoms with Crippen molar-refractivity contribution in [2.75, 3.05) is 13.2 Å². The SMILES string of the molecule is CC.CC(C)(C)CNC(=O)CO. The summed E-state index contributed by atoms with van der Waals surface area (Å²) in [6, 6.07) is 0. The number of amides is 1. The number of carbonyl (C=O) groups excluding carboxylic acids is 1. The van der Waals surface area contributed by atoms with Gasteiger partial charge in [0.2, 0.25) is 5.91 Å². The Kier molecular flexibility index (Phi) is 8.27. The van der Waals surface area contributed by atoms with Crippen LogP contribution in [-0.2, 0) is 4.79 Å². The summed E-state index contributed by atoms with van der Waals surface area (Å²) >= 11 is 0. The van der Waals surface area contributed by atoms with E-state index in [0.29, 0.717) is 6.54 Å². The fraction of sp³-hybridized carbons (Fsp3) is 0.889. The highest BCUT2D eigenvalue weighted by Gasteiger charge is 2.10. The lowest BCUT2D eigenvalue weighted by Gasteiger charge is -2.17. The number of nitrogens with one attached hydrogen (secondary N) is 1. The molecule has 0 spiro atoms. The lowest BCUT2D eigenvalue weighted by atomic mass is 9.97. The molecule has 1 amide bonds. The molecule has 0 atom stereocenters. The van der Waals surface area contributed by atoms with Crippen LogP contribution in [0, 0.1) is 5.41 Å². The molecule has 0 aliphatic carbocycles. The van der Waals surface area contributed by atoms with Gasteiger partial charge in [0, 0.05) is 6.54 Å². The highest BCUT2D eigenvalue weighted by atomic mass is 16.3. The molecule has 0 aromatic carbocycles. The summed E-state index contributed by atoms with van der Waals surface area (Å²) < 4.78 is 0. The van der Waals surface area contributed by atoms with E-state index in [0.717, 1.165) is 0 Å².